The van der Waals surface area contributed by atoms with Gasteiger partial charge in [0.25, 0.3) is 0 Å². The van der Waals surface area contributed by atoms with Crippen molar-refractivity contribution in [2.75, 3.05) is 0 Å². The van der Waals surface area contributed by atoms with Crippen molar-refractivity contribution in [2.45, 2.75) is 6.92 Å². The number of rotatable bonds is 2. The highest BCUT2D eigenvalue weighted by Gasteiger charge is 2.15. The fraction of sp³-hybridized carbons (Fsp3) is 0.0833. The number of hydrogen-bond acceptors (Lipinski definition) is 4. The Bertz CT molecular complexity index is 606. The predicted octanol–water partition coefficient (Wildman–Crippen LogP) is 1.86. The molecule has 1 aromatic heterocycles. The van der Waals surface area contributed by atoms with Gasteiger partial charge in [-0.05, 0) is 12.1 Å². The van der Waals surface area contributed by atoms with Gasteiger partial charge in [0, 0.05) is 12.3 Å². The number of nitrogens with zero attached hydrogens (tertiary/aromatic N) is 1. The average Bonchev–Trinajstić information content (AvgIpc) is 2.27. The van der Waals surface area contributed by atoms with E-state index in [1.807, 2.05) is 0 Å². The van der Waals surface area contributed by atoms with Crippen molar-refractivity contribution in [3.05, 3.63) is 35.9 Å². The summed E-state index contributed by atoms with van der Waals surface area (Å²) in [5, 5.41) is 9.69. The number of carbonyl (C=O) groups is 2. The Morgan fingerprint density at radius 2 is 2.00 bits per heavy atom. The minimum absolute atomic E-state index is 0.126. The lowest BCUT2D eigenvalue weighted by Crippen LogP contribution is -2.09. The second-order valence-corrected chi connectivity index (χ2v) is 3.43. The first-order chi connectivity index (χ1) is 8.08. The summed E-state index contributed by atoms with van der Waals surface area (Å²) >= 11 is 0. The van der Waals surface area contributed by atoms with Gasteiger partial charge in [-0.2, -0.15) is 0 Å². The first-order valence-electron chi connectivity index (χ1n) is 4.89. The maximum absolute atomic E-state index is 11.0. The van der Waals surface area contributed by atoms with Gasteiger partial charge in [0.15, 0.2) is 0 Å². The Hall–Kier alpha value is -2.43. The van der Waals surface area contributed by atoms with Gasteiger partial charge in [0.05, 0.1) is 5.52 Å². The molecule has 2 aromatic rings. The number of aromatic nitrogens is 1. The van der Waals surface area contributed by atoms with E-state index < -0.39 is 11.9 Å². The molecule has 0 aliphatic heterocycles. The van der Waals surface area contributed by atoms with Gasteiger partial charge in [-0.25, -0.2) is 9.78 Å². The van der Waals surface area contributed by atoms with E-state index in [-0.39, 0.29) is 11.4 Å². The van der Waals surface area contributed by atoms with Crippen molar-refractivity contribution in [3.63, 3.8) is 0 Å². The topological polar surface area (TPSA) is 76.5 Å². The van der Waals surface area contributed by atoms with E-state index in [9.17, 15) is 9.59 Å². The number of benzene rings is 1. The Labute approximate surface area is 96.7 Å². The van der Waals surface area contributed by atoms with E-state index in [0.717, 1.165) is 0 Å². The first-order valence-corrected chi connectivity index (χ1v) is 4.89. The number of pyridine rings is 1. The van der Waals surface area contributed by atoms with Crippen LogP contribution in [0, 0.1) is 0 Å². The predicted molar refractivity (Wildman–Crippen MR) is 60.0 cm³/mol. The molecule has 0 bridgehead atoms. The molecule has 2 rings (SSSR count). The lowest BCUT2D eigenvalue weighted by molar-refractivity contribution is -0.132. The number of carboxylic acid groups (broad SMARTS) is 1. The zero-order valence-corrected chi connectivity index (χ0v) is 9.01. The number of esters is 1. The molecule has 1 N–H and O–H groups in total. The fourth-order valence-electron chi connectivity index (χ4n) is 1.47. The van der Waals surface area contributed by atoms with Gasteiger partial charge in [0.2, 0.25) is 5.88 Å². The Balaban J connectivity index is 2.66. The molecule has 0 saturated heterocycles. The van der Waals surface area contributed by atoms with E-state index in [4.69, 9.17) is 9.84 Å². The van der Waals surface area contributed by atoms with Gasteiger partial charge in [0.1, 0.15) is 5.56 Å². The van der Waals surface area contributed by atoms with E-state index in [1.54, 1.807) is 24.3 Å². The Morgan fingerprint density at radius 3 is 2.65 bits per heavy atom. The highest BCUT2D eigenvalue weighted by Crippen LogP contribution is 2.22. The van der Waals surface area contributed by atoms with Crippen LogP contribution in [0.15, 0.2) is 30.3 Å². The summed E-state index contributed by atoms with van der Waals surface area (Å²) in [6.45, 7) is 1.20. The zero-order valence-electron chi connectivity index (χ0n) is 9.01. The number of aromatic carboxylic acids is 1. The quantitative estimate of drug-likeness (QED) is 0.798. The third kappa shape index (κ3) is 2.23. The highest BCUT2D eigenvalue weighted by molar-refractivity contribution is 5.96. The minimum atomic E-state index is -1.18. The van der Waals surface area contributed by atoms with E-state index in [2.05, 4.69) is 4.98 Å². The number of ether oxygens (including phenoxy) is 1. The summed E-state index contributed by atoms with van der Waals surface area (Å²) in [5.74, 6) is -1.96. The summed E-state index contributed by atoms with van der Waals surface area (Å²) in [4.78, 5) is 25.9. The molecule has 5 nitrogen and oxygen atoms in total. The normalized spacial score (nSPS) is 10.2. The molecule has 1 heterocycles. The molecule has 0 aliphatic carbocycles. The number of hydrogen-bond donors (Lipinski definition) is 1. The minimum Gasteiger partial charge on any atom is -0.477 e. The summed E-state index contributed by atoms with van der Waals surface area (Å²) < 4.78 is 4.78. The smallest absolute Gasteiger partial charge is 0.341 e. The zero-order chi connectivity index (χ0) is 12.4. The van der Waals surface area contributed by atoms with Gasteiger partial charge in [-0.1, -0.05) is 18.2 Å². The van der Waals surface area contributed by atoms with Crippen LogP contribution in [0.3, 0.4) is 0 Å². The first kappa shape index (κ1) is 11.1. The van der Waals surface area contributed by atoms with Crippen LogP contribution >= 0.6 is 0 Å². The second kappa shape index (κ2) is 4.21. The van der Waals surface area contributed by atoms with Gasteiger partial charge >= 0.3 is 11.9 Å². The second-order valence-electron chi connectivity index (χ2n) is 3.43. The molecule has 5 heteroatoms. The highest BCUT2D eigenvalue weighted by atomic mass is 16.5. The molecule has 86 valence electrons. The lowest BCUT2D eigenvalue weighted by Gasteiger charge is -2.06. The SMILES string of the molecule is CC(=O)Oc1nc2ccccc2cc1C(=O)O. The number of carbonyl (C=O) groups excluding carboxylic acids is 1. The molecule has 0 amide bonds. The standard InChI is InChI=1S/C12H9NO4/c1-7(14)17-11-9(12(15)16)6-8-4-2-3-5-10(8)13-11/h2-6H,1H3,(H,15,16). The summed E-state index contributed by atoms with van der Waals surface area (Å²) in [6.07, 6.45) is 0. The molecule has 1 aromatic carbocycles. The van der Waals surface area contributed by atoms with E-state index >= 15 is 0 Å². The molecule has 0 saturated carbocycles. The summed E-state index contributed by atoms with van der Waals surface area (Å²) in [5.41, 5.74) is 0.452. The summed E-state index contributed by atoms with van der Waals surface area (Å²) in [6, 6.07) is 8.44. The van der Waals surface area contributed by atoms with Crippen LogP contribution in [-0.2, 0) is 4.79 Å². The van der Waals surface area contributed by atoms with Crippen molar-refractivity contribution in [2.24, 2.45) is 0 Å². The van der Waals surface area contributed by atoms with Crippen molar-refractivity contribution in [1.82, 2.24) is 4.98 Å². The molecule has 0 fully saturated rings. The molecule has 0 radical (unpaired) electrons. The van der Waals surface area contributed by atoms with E-state index in [0.29, 0.717) is 10.9 Å². The maximum Gasteiger partial charge on any atom is 0.341 e. The van der Waals surface area contributed by atoms with Crippen LogP contribution in [-0.4, -0.2) is 22.0 Å². The molecule has 0 unspecified atom stereocenters. The lowest BCUT2D eigenvalue weighted by atomic mass is 10.1. The van der Waals surface area contributed by atoms with E-state index in [1.165, 1.54) is 13.0 Å². The molecule has 0 aliphatic rings. The number of para-hydroxylation sites is 1. The van der Waals surface area contributed by atoms with Crippen LogP contribution in [0.1, 0.15) is 17.3 Å². The maximum atomic E-state index is 11.0. The van der Waals surface area contributed by atoms with Crippen molar-refractivity contribution >= 4 is 22.8 Å². The molecular formula is C12H9NO4. The van der Waals surface area contributed by atoms with Crippen LogP contribution in [0.25, 0.3) is 10.9 Å². The summed E-state index contributed by atoms with van der Waals surface area (Å²) in [7, 11) is 0. The molecule has 0 atom stereocenters. The van der Waals surface area contributed by atoms with Crippen LogP contribution in [0.2, 0.25) is 0 Å². The third-order valence-corrected chi connectivity index (χ3v) is 2.16. The van der Waals surface area contributed by atoms with Crippen LogP contribution < -0.4 is 4.74 Å². The molecular weight excluding hydrogens is 222 g/mol. The van der Waals surface area contributed by atoms with Crippen molar-refractivity contribution < 1.29 is 19.4 Å². The Kier molecular flexibility index (Phi) is 2.74. The van der Waals surface area contributed by atoms with Crippen LogP contribution in [0.5, 0.6) is 5.88 Å². The van der Waals surface area contributed by atoms with Crippen molar-refractivity contribution in [1.29, 1.82) is 0 Å². The number of carboxylic acids is 1. The monoisotopic (exact) mass is 231 g/mol. The Morgan fingerprint density at radius 1 is 1.29 bits per heavy atom. The van der Waals surface area contributed by atoms with Gasteiger partial charge in [-0.15, -0.1) is 0 Å². The molecule has 0 spiro atoms. The van der Waals surface area contributed by atoms with Crippen LogP contribution in [0.4, 0.5) is 0 Å². The van der Waals surface area contributed by atoms with Gasteiger partial charge in [-0.3, -0.25) is 4.79 Å². The number of fused-ring (bicyclic) bond motifs is 1. The van der Waals surface area contributed by atoms with Crippen molar-refractivity contribution in [3.8, 4) is 5.88 Å². The fourth-order valence-corrected chi connectivity index (χ4v) is 1.47. The third-order valence-electron chi connectivity index (χ3n) is 2.16. The largest absolute Gasteiger partial charge is 0.477 e. The average molecular weight is 231 g/mol. The van der Waals surface area contributed by atoms with Gasteiger partial charge < -0.3 is 9.84 Å². The molecule has 17 heavy (non-hydrogen) atoms.